The number of anilines is 1. The van der Waals surface area contributed by atoms with E-state index in [0.29, 0.717) is 12.6 Å². The zero-order valence-electron chi connectivity index (χ0n) is 9.62. The summed E-state index contributed by atoms with van der Waals surface area (Å²) < 4.78 is 1.00. The number of halogens is 1. The van der Waals surface area contributed by atoms with Gasteiger partial charge in [-0.05, 0) is 48.2 Å². The van der Waals surface area contributed by atoms with Crippen molar-refractivity contribution < 1.29 is 0 Å². The maximum absolute atomic E-state index is 5.78. The Morgan fingerprint density at radius 2 is 2.38 bits per heavy atom. The molecule has 0 radical (unpaired) electrons. The molecule has 2 rings (SSSR count). The Balaban J connectivity index is 2.30. The predicted molar refractivity (Wildman–Crippen MR) is 70.5 cm³/mol. The largest absolute Gasteiger partial charge is 0.354 e. The minimum atomic E-state index is 0.547. The molecule has 1 saturated heterocycles. The highest BCUT2D eigenvalue weighted by Gasteiger charge is 2.21. The minimum Gasteiger partial charge on any atom is -0.354 e. The quantitative estimate of drug-likeness (QED) is 0.908. The smallest absolute Gasteiger partial charge is 0.133 e. The first-order valence-corrected chi connectivity index (χ1v) is 6.63. The third kappa shape index (κ3) is 2.38. The number of nitrogens with zero attached hydrogens (tertiary/aromatic N) is 2. The SMILES string of the molecule is CC1CCCCN1c1ncc(Br)cc1CN. The predicted octanol–water partition coefficient (Wildman–Crippen LogP) is 2.68. The van der Waals surface area contributed by atoms with Crippen LogP contribution < -0.4 is 10.6 Å². The van der Waals surface area contributed by atoms with Crippen LogP contribution in [0.2, 0.25) is 0 Å². The van der Waals surface area contributed by atoms with Crippen molar-refractivity contribution >= 4 is 21.7 Å². The first-order chi connectivity index (χ1) is 7.72. The summed E-state index contributed by atoms with van der Waals surface area (Å²) in [5.74, 6) is 1.07. The second-order valence-electron chi connectivity index (χ2n) is 4.38. The molecule has 0 aromatic carbocycles. The van der Waals surface area contributed by atoms with Crippen molar-refractivity contribution in [3.63, 3.8) is 0 Å². The van der Waals surface area contributed by atoms with Gasteiger partial charge in [-0.15, -0.1) is 0 Å². The topological polar surface area (TPSA) is 42.2 Å². The van der Waals surface area contributed by atoms with Gasteiger partial charge in [-0.1, -0.05) is 0 Å². The molecule has 3 nitrogen and oxygen atoms in total. The molecular weight excluding hydrogens is 266 g/mol. The zero-order valence-corrected chi connectivity index (χ0v) is 11.2. The second-order valence-corrected chi connectivity index (χ2v) is 5.29. The molecule has 1 unspecified atom stereocenters. The molecule has 88 valence electrons. The normalized spacial score (nSPS) is 21.2. The molecule has 0 bridgehead atoms. The molecule has 0 saturated carbocycles. The van der Waals surface area contributed by atoms with E-state index in [1.807, 2.05) is 6.20 Å². The highest BCUT2D eigenvalue weighted by molar-refractivity contribution is 9.10. The van der Waals surface area contributed by atoms with E-state index in [1.165, 1.54) is 19.3 Å². The van der Waals surface area contributed by atoms with E-state index in [-0.39, 0.29) is 0 Å². The third-order valence-corrected chi connectivity index (χ3v) is 3.64. The lowest BCUT2D eigenvalue weighted by Gasteiger charge is -2.35. The highest BCUT2D eigenvalue weighted by Crippen LogP contribution is 2.27. The summed E-state index contributed by atoms with van der Waals surface area (Å²) in [5.41, 5.74) is 6.91. The number of hydrogen-bond acceptors (Lipinski definition) is 3. The lowest BCUT2D eigenvalue weighted by Crippen LogP contribution is -2.38. The Kier molecular flexibility index (Phi) is 3.82. The maximum atomic E-state index is 5.78. The van der Waals surface area contributed by atoms with Gasteiger partial charge in [0.15, 0.2) is 0 Å². The van der Waals surface area contributed by atoms with Crippen LogP contribution in [0.4, 0.5) is 5.82 Å². The van der Waals surface area contributed by atoms with Crippen molar-refractivity contribution in [2.45, 2.75) is 38.8 Å². The summed E-state index contributed by atoms with van der Waals surface area (Å²) in [6.07, 6.45) is 5.69. The average molecular weight is 284 g/mol. The number of hydrogen-bond donors (Lipinski definition) is 1. The Bertz CT molecular complexity index is 367. The van der Waals surface area contributed by atoms with Crippen LogP contribution in [0.25, 0.3) is 0 Å². The van der Waals surface area contributed by atoms with Gasteiger partial charge in [-0.25, -0.2) is 4.98 Å². The minimum absolute atomic E-state index is 0.547. The molecule has 1 aromatic heterocycles. The van der Waals surface area contributed by atoms with Crippen molar-refractivity contribution in [2.24, 2.45) is 5.73 Å². The lowest BCUT2D eigenvalue weighted by molar-refractivity contribution is 0.480. The van der Waals surface area contributed by atoms with Gasteiger partial charge < -0.3 is 10.6 Å². The molecule has 1 aromatic rings. The molecule has 1 atom stereocenters. The van der Waals surface area contributed by atoms with Crippen LogP contribution in [-0.2, 0) is 6.54 Å². The molecule has 1 aliphatic heterocycles. The highest BCUT2D eigenvalue weighted by atomic mass is 79.9. The monoisotopic (exact) mass is 283 g/mol. The zero-order chi connectivity index (χ0) is 11.5. The molecular formula is C12H18BrN3. The summed E-state index contributed by atoms with van der Waals surface area (Å²) >= 11 is 3.44. The standard InChI is InChI=1S/C12H18BrN3/c1-9-4-2-3-5-16(9)12-10(7-14)6-11(13)8-15-12/h6,8-9H,2-5,7,14H2,1H3. The summed E-state index contributed by atoms with van der Waals surface area (Å²) in [4.78, 5) is 6.91. The number of nitrogens with two attached hydrogens (primary N) is 1. The lowest BCUT2D eigenvalue weighted by atomic mass is 10.0. The van der Waals surface area contributed by atoms with Crippen LogP contribution in [0.1, 0.15) is 31.7 Å². The summed E-state index contributed by atoms with van der Waals surface area (Å²) in [7, 11) is 0. The van der Waals surface area contributed by atoms with Gasteiger partial charge in [0.1, 0.15) is 5.82 Å². The fraction of sp³-hybridized carbons (Fsp3) is 0.583. The number of pyridine rings is 1. The van der Waals surface area contributed by atoms with Crippen molar-refractivity contribution in [1.82, 2.24) is 4.98 Å². The summed E-state index contributed by atoms with van der Waals surface area (Å²) in [6.45, 7) is 3.91. The second kappa shape index (κ2) is 5.15. The van der Waals surface area contributed by atoms with E-state index >= 15 is 0 Å². The molecule has 0 amide bonds. The molecule has 2 N–H and O–H groups in total. The van der Waals surface area contributed by atoms with Crippen molar-refractivity contribution in [2.75, 3.05) is 11.4 Å². The van der Waals surface area contributed by atoms with Crippen LogP contribution >= 0.6 is 15.9 Å². The number of aromatic nitrogens is 1. The van der Waals surface area contributed by atoms with Gasteiger partial charge in [0.05, 0.1) is 0 Å². The van der Waals surface area contributed by atoms with Crippen LogP contribution in [0.3, 0.4) is 0 Å². The van der Waals surface area contributed by atoms with Gasteiger partial charge in [-0.3, -0.25) is 0 Å². The van der Waals surface area contributed by atoms with E-state index in [2.05, 4.69) is 38.8 Å². The van der Waals surface area contributed by atoms with Gasteiger partial charge in [0.25, 0.3) is 0 Å². The van der Waals surface area contributed by atoms with Crippen molar-refractivity contribution in [3.05, 3.63) is 22.3 Å². The van der Waals surface area contributed by atoms with Gasteiger partial charge in [-0.2, -0.15) is 0 Å². The van der Waals surface area contributed by atoms with E-state index in [9.17, 15) is 0 Å². The van der Waals surface area contributed by atoms with Gasteiger partial charge in [0, 0.05) is 35.4 Å². The average Bonchev–Trinajstić information content (AvgIpc) is 2.30. The Labute approximate surface area is 105 Å². The van der Waals surface area contributed by atoms with E-state index < -0.39 is 0 Å². The van der Waals surface area contributed by atoms with Crippen LogP contribution in [0.15, 0.2) is 16.7 Å². The van der Waals surface area contributed by atoms with Gasteiger partial charge >= 0.3 is 0 Å². The molecule has 2 heterocycles. The Morgan fingerprint density at radius 1 is 1.56 bits per heavy atom. The molecule has 1 aliphatic rings. The number of rotatable bonds is 2. The van der Waals surface area contributed by atoms with E-state index in [4.69, 9.17) is 5.73 Å². The third-order valence-electron chi connectivity index (χ3n) is 3.20. The van der Waals surface area contributed by atoms with Crippen LogP contribution in [-0.4, -0.2) is 17.6 Å². The summed E-state index contributed by atoms with van der Waals surface area (Å²) in [6, 6.07) is 2.65. The fourth-order valence-corrected chi connectivity index (χ4v) is 2.67. The molecule has 0 spiro atoms. The van der Waals surface area contributed by atoms with Crippen LogP contribution in [0, 0.1) is 0 Å². The van der Waals surface area contributed by atoms with Gasteiger partial charge in [0.2, 0.25) is 0 Å². The molecule has 1 fully saturated rings. The van der Waals surface area contributed by atoms with Crippen molar-refractivity contribution in [3.8, 4) is 0 Å². The first-order valence-electron chi connectivity index (χ1n) is 5.83. The van der Waals surface area contributed by atoms with Crippen molar-refractivity contribution in [1.29, 1.82) is 0 Å². The molecule has 0 aliphatic carbocycles. The Hall–Kier alpha value is -0.610. The first kappa shape index (κ1) is 11.9. The Morgan fingerprint density at radius 3 is 3.06 bits per heavy atom. The fourth-order valence-electron chi connectivity index (χ4n) is 2.30. The number of piperidine rings is 1. The van der Waals surface area contributed by atoms with Crippen LogP contribution in [0.5, 0.6) is 0 Å². The molecule has 16 heavy (non-hydrogen) atoms. The van der Waals surface area contributed by atoms with E-state index in [1.54, 1.807) is 0 Å². The molecule has 4 heteroatoms. The maximum Gasteiger partial charge on any atom is 0.133 e. The van der Waals surface area contributed by atoms with E-state index in [0.717, 1.165) is 22.4 Å². The summed E-state index contributed by atoms with van der Waals surface area (Å²) in [5, 5.41) is 0.